The summed E-state index contributed by atoms with van der Waals surface area (Å²) < 4.78 is 32.9. The average Bonchev–Trinajstić information content (AvgIpc) is 3.39. The van der Waals surface area contributed by atoms with Gasteiger partial charge >= 0.3 is 0 Å². The van der Waals surface area contributed by atoms with Gasteiger partial charge < -0.3 is 10.1 Å². The summed E-state index contributed by atoms with van der Waals surface area (Å²) in [6, 6.07) is 16.0. The van der Waals surface area contributed by atoms with E-state index in [2.05, 4.69) is 20.0 Å². The molecule has 2 N–H and O–H groups in total. The smallest absolute Gasteiger partial charge is 0.263 e. The van der Waals surface area contributed by atoms with Crippen LogP contribution < -0.4 is 14.8 Å². The number of hydrogen-bond donors (Lipinski definition) is 2. The summed E-state index contributed by atoms with van der Waals surface area (Å²) in [5.74, 6) is 0.790. The quantitative estimate of drug-likeness (QED) is 0.408. The molecule has 0 spiro atoms. The van der Waals surface area contributed by atoms with E-state index in [0.717, 1.165) is 17.1 Å². The van der Waals surface area contributed by atoms with E-state index >= 15 is 0 Å². The first kappa shape index (κ1) is 19.4. The third-order valence-corrected chi connectivity index (χ3v) is 6.73. The molecule has 0 aliphatic carbocycles. The zero-order valence-corrected chi connectivity index (χ0v) is 17.4. The monoisotopic (exact) mass is 444 g/mol. The number of nitrogens with zero attached hydrogens (tertiary/aromatic N) is 2. The van der Waals surface area contributed by atoms with Gasteiger partial charge in [0, 0.05) is 22.6 Å². The largest absolute Gasteiger partial charge is 0.487 e. The molecule has 0 fully saturated rings. The van der Waals surface area contributed by atoms with Gasteiger partial charge in [-0.1, -0.05) is 18.2 Å². The van der Waals surface area contributed by atoms with Crippen molar-refractivity contribution in [3.8, 4) is 5.75 Å². The summed E-state index contributed by atoms with van der Waals surface area (Å²) in [4.78, 5) is 8.58. The van der Waals surface area contributed by atoms with Crippen LogP contribution in [0.2, 0.25) is 0 Å². The van der Waals surface area contributed by atoms with Gasteiger partial charge in [-0.3, -0.25) is 4.72 Å². The van der Waals surface area contributed by atoms with E-state index in [1.165, 1.54) is 34.8 Å². The number of ether oxygens (including phenoxy) is 1. The van der Waals surface area contributed by atoms with Gasteiger partial charge in [0.05, 0.1) is 10.6 Å². The molecule has 7 nitrogen and oxygen atoms in total. The molecule has 4 rings (SSSR count). The molecule has 0 atom stereocenters. The molecule has 4 aromatic rings. The van der Waals surface area contributed by atoms with Crippen molar-refractivity contribution in [2.75, 3.05) is 10.0 Å². The first-order valence-electron chi connectivity index (χ1n) is 8.50. The van der Waals surface area contributed by atoms with E-state index in [4.69, 9.17) is 4.74 Å². The highest BCUT2D eigenvalue weighted by Crippen LogP contribution is 2.24. The predicted octanol–water partition coefficient (Wildman–Crippen LogP) is 4.72. The average molecular weight is 445 g/mol. The summed E-state index contributed by atoms with van der Waals surface area (Å²) >= 11 is 2.68. The normalized spacial score (nSPS) is 11.2. The zero-order valence-electron chi connectivity index (χ0n) is 15.0. The van der Waals surface area contributed by atoms with E-state index in [1.54, 1.807) is 23.7 Å². The minimum Gasteiger partial charge on any atom is -0.487 e. The summed E-state index contributed by atoms with van der Waals surface area (Å²) in [5.41, 5.74) is 1.55. The molecule has 148 valence electrons. The third-order valence-electron chi connectivity index (χ3n) is 3.75. The Balaban J connectivity index is 1.37. The molecule has 0 bridgehead atoms. The molecule has 0 unspecified atom stereocenters. The van der Waals surface area contributed by atoms with Crippen molar-refractivity contribution < 1.29 is 13.2 Å². The number of para-hydroxylation sites is 1. The number of aromatic nitrogens is 2. The second-order valence-corrected chi connectivity index (χ2v) is 9.27. The van der Waals surface area contributed by atoms with Crippen molar-refractivity contribution in [2.45, 2.75) is 11.5 Å². The number of rotatable bonds is 8. The van der Waals surface area contributed by atoms with Crippen LogP contribution in [0.4, 0.5) is 16.0 Å². The SMILES string of the molecule is O=S(=O)(Nc1nccs1)c1ccc(Nc2nc(COc3ccccc3)cs2)cc1. The molecule has 0 aliphatic heterocycles. The lowest BCUT2D eigenvalue weighted by Gasteiger charge is -2.07. The molecule has 0 aliphatic rings. The van der Waals surface area contributed by atoms with Crippen LogP contribution in [-0.4, -0.2) is 18.4 Å². The Morgan fingerprint density at radius 2 is 1.76 bits per heavy atom. The van der Waals surface area contributed by atoms with Gasteiger partial charge in [0.15, 0.2) is 10.3 Å². The van der Waals surface area contributed by atoms with Gasteiger partial charge in [-0.25, -0.2) is 18.4 Å². The van der Waals surface area contributed by atoms with Crippen LogP contribution in [0.5, 0.6) is 5.75 Å². The lowest BCUT2D eigenvalue weighted by atomic mass is 10.3. The molecule has 2 aromatic carbocycles. The number of hydrogen-bond acceptors (Lipinski definition) is 8. The molecule has 29 heavy (non-hydrogen) atoms. The Labute approximate surface area is 176 Å². The lowest BCUT2D eigenvalue weighted by molar-refractivity contribution is 0.302. The number of thiazole rings is 2. The highest BCUT2D eigenvalue weighted by atomic mass is 32.2. The Kier molecular flexibility index (Phi) is 5.74. The van der Waals surface area contributed by atoms with E-state index in [1.807, 2.05) is 35.7 Å². The molecule has 10 heteroatoms. The minimum absolute atomic E-state index is 0.161. The summed E-state index contributed by atoms with van der Waals surface area (Å²) in [7, 11) is -3.66. The van der Waals surface area contributed by atoms with Crippen molar-refractivity contribution in [3.63, 3.8) is 0 Å². The molecular weight excluding hydrogens is 428 g/mol. The van der Waals surface area contributed by atoms with Gasteiger partial charge in [0.2, 0.25) is 0 Å². The fourth-order valence-electron chi connectivity index (χ4n) is 2.39. The number of sulfonamides is 1. The summed E-state index contributed by atoms with van der Waals surface area (Å²) in [6.07, 6.45) is 1.54. The van der Waals surface area contributed by atoms with Crippen molar-refractivity contribution in [3.05, 3.63) is 77.2 Å². The molecule has 0 saturated heterocycles. The molecule has 0 saturated carbocycles. The fraction of sp³-hybridized carbons (Fsp3) is 0.0526. The highest BCUT2D eigenvalue weighted by Gasteiger charge is 2.15. The van der Waals surface area contributed by atoms with E-state index in [0.29, 0.717) is 16.9 Å². The van der Waals surface area contributed by atoms with Gasteiger partial charge in [-0.15, -0.1) is 22.7 Å². The van der Waals surface area contributed by atoms with Crippen LogP contribution in [0, 0.1) is 0 Å². The molecule has 0 amide bonds. The van der Waals surface area contributed by atoms with Crippen molar-refractivity contribution in [2.24, 2.45) is 0 Å². The second-order valence-electron chi connectivity index (χ2n) is 5.84. The first-order chi connectivity index (χ1) is 14.1. The van der Waals surface area contributed by atoms with Crippen molar-refractivity contribution in [1.29, 1.82) is 0 Å². The van der Waals surface area contributed by atoms with Crippen LogP contribution >= 0.6 is 22.7 Å². The Hall–Kier alpha value is -2.95. The third kappa shape index (κ3) is 5.11. The number of anilines is 3. The predicted molar refractivity (Wildman–Crippen MR) is 116 cm³/mol. The highest BCUT2D eigenvalue weighted by molar-refractivity contribution is 7.93. The molecule has 2 aromatic heterocycles. The van der Waals surface area contributed by atoms with Crippen molar-refractivity contribution in [1.82, 2.24) is 9.97 Å². The maximum Gasteiger partial charge on any atom is 0.263 e. The number of nitrogens with one attached hydrogen (secondary N) is 2. The summed E-state index contributed by atoms with van der Waals surface area (Å²) in [6.45, 7) is 0.377. The van der Waals surface area contributed by atoms with Crippen LogP contribution in [0.25, 0.3) is 0 Å². The molecular formula is C19H16N4O3S3. The Morgan fingerprint density at radius 1 is 0.966 bits per heavy atom. The van der Waals surface area contributed by atoms with Gasteiger partial charge in [0.1, 0.15) is 12.4 Å². The standard InChI is InChI=1S/C19H16N4O3S3/c24-29(25,23-18-20-10-11-27-18)17-8-6-14(7-9-17)21-19-22-15(13-28-19)12-26-16-4-2-1-3-5-16/h1-11,13H,12H2,(H,20,23)(H,21,22). The lowest BCUT2D eigenvalue weighted by Crippen LogP contribution is -2.12. The van der Waals surface area contributed by atoms with E-state index < -0.39 is 10.0 Å². The zero-order chi connectivity index (χ0) is 20.1. The minimum atomic E-state index is -3.66. The van der Waals surface area contributed by atoms with Crippen LogP contribution in [0.15, 0.2) is 76.4 Å². The summed E-state index contributed by atoms with van der Waals surface area (Å²) in [5, 5.41) is 7.83. The van der Waals surface area contributed by atoms with Crippen LogP contribution in [0.1, 0.15) is 5.69 Å². The Bertz CT molecular complexity index is 1160. The van der Waals surface area contributed by atoms with Gasteiger partial charge in [-0.05, 0) is 36.4 Å². The van der Waals surface area contributed by atoms with E-state index in [9.17, 15) is 8.42 Å². The fourth-order valence-corrected chi connectivity index (χ4v) is 4.90. The van der Waals surface area contributed by atoms with Crippen LogP contribution in [-0.2, 0) is 16.6 Å². The van der Waals surface area contributed by atoms with Crippen molar-refractivity contribution >= 4 is 48.6 Å². The topological polar surface area (TPSA) is 93.2 Å². The maximum absolute atomic E-state index is 12.4. The maximum atomic E-state index is 12.4. The van der Waals surface area contributed by atoms with Crippen LogP contribution in [0.3, 0.4) is 0 Å². The van der Waals surface area contributed by atoms with Gasteiger partial charge in [0.25, 0.3) is 10.0 Å². The first-order valence-corrected chi connectivity index (χ1v) is 11.7. The van der Waals surface area contributed by atoms with E-state index in [-0.39, 0.29) is 4.90 Å². The Morgan fingerprint density at radius 3 is 2.48 bits per heavy atom. The molecule has 0 radical (unpaired) electrons. The molecule has 2 heterocycles. The van der Waals surface area contributed by atoms with Gasteiger partial charge in [-0.2, -0.15) is 0 Å². The second kappa shape index (κ2) is 8.60. The number of benzene rings is 2.